The second kappa shape index (κ2) is 8.99. The summed E-state index contributed by atoms with van der Waals surface area (Å²) in [5, 5.41) is 8.82. The van der Waals surface area contributed by atoms with E-state index >= 15 is 0 Å². The van der Waals surface area contributed by atoms with Crippen LogP contribution in [0.3, 0.4) is 0 Å². The van der Waals surface area contributed by atoms with Crippen molar-refractivity contribution in [3.05, 3.63) is 59.7 Å². The first-order valence-electron chi connectivity index (χ1n) is 8.49. The molecule has 0 bridgehead atoms. The second-order valence-electron chi connectivity index (χ2n) is 6.14. The van der Waals surface area contributed by atoms with Crippen LogP contribution in [0.1, 0.15) is 36.2 Å². The summed E-state index contributed by atoms with van der Waals surface area (Å²) in [6.45, 7) is 6.34. The summed E-state index contributed by atoms with van der Waals surface area (Å²) in [6.07, 6.45) is 0.975. The Morgan fingerprint density at radius 2 is 1.64 bits per heavy atom. The van der Waals surface area contributed by atoms with Gasteiger partial charge in [-0.05, 0) is 56.7 Å². The van der Waals surface area contributed by atoms with Crippen molar-refractivity contribution in [2.75, 3.05) is 17.2 Å². The fourth-order valence-electron chi connectivity index (χ4n) is 2.24. The minimum absolute atomic E-state index is 0.0863. The number of anilines is 2. The number of rotatable bonds is 7. The SMILES string of the molecule is CCC(C)NCC(=O)Nc1ccc(NC(=O)c2cccc(C)c2)cc1. The smallest absolute Gasteiger partial charge is 0.255 e. The molecule has 5 nitrogen and oxygen atoms in total. The van der Waals surface area contributed by atoms with Gasteiger partial charge in [-0.2, -0.15) is 0 Å². The molecule has 0 fully saturated rings. The summed E-state index contributed by atoms with van der Waals surface area (Å²) >= 11 is 0. The zero-order valence-corrected chi connectivity index (χ0v) is 14.9. The van der Waals surface area contributed by atoms with Crippen molar-refractivity contribution >= 4 is 23.2 Å². The van der Waals surface area contributed by atoms with E-state index in [-0.39, 0.29) is 18.4 Å². The number of hydrogen-bond acceptors (Lipinski definition) is 3. The highest BCUT2D eigenvalue weighted by Crippen LogP contribution is 2.15. The minimum atomic E-state index is -0.154. The number of carbonyl (C=O) groups is 2. The summed E-state index contributed by atoms with van der Waals surface area (Å²) in [7, 11) is 0. The molecule has 1 unspecified atom stereocenters. The third-order valence-corrected chi connectivity index (χ3v) is 3.93. The van der Waals surface area contributed by atoms with Crippen LogP contribution in [-0.2, 0) is 4.79 Å². The molecule has 2 rings (SSSR count). The zero-order chi connectivity index (χ0) is 18.2. The highest BCUT2D eigenvalue weighted by molar-refractivity contribution is 6.04. The van der Waals surface area contributed by atoms with Gasteiger partial charge in [0.2, 0.25) is 5.91 Å². The van der Waals surface area contributed by atoms with Gasteiger partial charge in [0.15, 0.2) is 0 Å². The Kier molecular flexibility index (Phi) is 6.71. The van der Waals surface area contributed by atoms with Gasteiger partial charge in [0.05, 0.1) is 6.54 Å². The van der Waals surface area contributed by atoms with Crippen LogP contribution in [0.4, 0.5) is 11.4 Å². The number of benzene rings is 2. The van der Waals surface area contributed by atoms with Crippen molar-refractivity contribution in [1.82, 2.24) is 5.32 Å². The van der Waals surface area contributed by atoms with E-state index in [1.165, 1.54) is 0 Å². The highest BCUT2D eigenvalue weighted by atomic mass is 16.2. The third-order valence-electron chi connectivity index (χ3n) is 3.93. The van der Waals surface area contributed by atoms with Crippen molar-refractivity contribution in [2.24, 2.45) is 0 Å². The normalized spacial score (nSPS) is 11.6. The summed E-state index contributed by atoms with van der Waals surface area (Å²) in [5.74, 6) is -0.241. The lowest BCUT2D eigenvalue weighted by atomic mass is 10.1. The predicted molar refractivity (Wildman–Crippen MR) is 102 cm³/mol. The van der Waals surface area contributed by atoms with Gasteiger partial charge in [-0.1, -0.05) is 24.6 Å². The molecule has 0 heterocycles. The van der Waals surface area contributed by atoms with Gasteiger partial charge < -0.3 is 16.0 Å². The molecule has 0 spiro atoms. The van der Waals surface area contributed by atoms with E-state index in [9.17, 15) is 9.59 Å². The van der Waals surface area contributed by atoms with Crippen molar-refractivity contribution in [3.8, 4) is 0 Å². The van der Waals surface area contributed by atoms with E-state index in [1.807, 2.05) is 32.0 Å². The molecule has 2 amide bonds. The summed E-state index contributed by atoms with van der Waals surface area (Å²) in [5.41, 5.74) is 3.04. The Morgan fingerprint density at radius 3 is 2.24 bits per heavy atom. The van der Waals surface area contributed by atoms with E-state index in [1.54, 1.807) is 30.3 Å². The average molecular weight is 339 g/mol. The van der Waals surface area contributed by atoms with Gasteiger partial charge in [-0.3, -0.25) is 9.59 Å². The maximum atomic E-state index is 12.2. The van der Waals surface area contributed by atoms with Gasteiger partial charge in [0, 0.05) is 23.0 Å². The van der Waals surface area contributed by atoms with Crippen LogP contribution in [0.15, 0.2) is 48.5 Å². The first-order chi connectivity index (χ1) is 12.0. The van der Waals surface area contributed by atoms with E-state index in [0.717, 1.165) is 12.0 Å². The maximum absolute atomic E-state index is 12.2. The topological polar surface area (TPSA) is 70.2 Å². The molecule has 0 aliphatic carbocycles. The van der Waals surface area contributed by atoms with Crippen LogP contribution >= 0.6 is 0 Å². The largest absolute Gasteiger partial charge is 0.325 e. The Balaban J connectivity index is 1.89. The molecular weight excluding hydrogens is 314 g/mol. The Hall–Kier alpha value is -2.66. The lowest BCUT2D eigenvalue weighted by Crippen LogP contribution is -2.33. The standard InChI is InChI=1S/C20H25N3O2/c1-4-15(3)21-13-19(24)22-17-8-10-18(11-9-17)23-20(25)16-7-5-6-14(2)12-16/h5-12,15,21H,4,13H2,1-3H3,(H,22,24)(H,23,25). The quantitative estimate of drug-likeness (QED) is 0.722. The van der Waals surface area contributed by atoms with Crippen molar-refractivity contribution in [2.45, 2.75) is 33.2 Å². The second-order valence-corrected chi connectivity index (χ2v) is 6.14. The highest BCUT2D eigenvalue weighted by Gasteiger charge is 2.07. The fourth-order valence-corrected chi connectivity index (χ4v) is 2.24. The van der Waals surface area contributed by atoms with E-state index in [0.29, 0.717) is 23.0 Å². The van der Waals surface area contributed by atoms with Gasteiger partial charge >= 0.3 is 0 Å². The number of nitrogens with one attached hydrogen (secondary N) is 3. The molecule has 0 aliphatic heterocycles. The maximum Gasteiger partial charge on any atom is 0.255 e. The molecule has 3 N–H and O–H groups in total. The molecule has 0 aliphatic rings. The molecule has 0 saturated heterocycles. The molecule has 2 aromatic rings. The summed E-state index contributed by atoms with van der Waals surface area (Å²) < 4.78 is 0. The van der Waals surface area contributed by atoms with E-state index < -0.39 is 0 Å². The molecule has 2 aromatic carbocycles. The molecule has 25 heavy (non-hydrogen) atoms. The predicted octanol–water partition coefficient (Wildman–Crippen LogP) is 3.57. The molecule has 0 aromatic heterocycles. The van der Waals surface area contributed by atoms with Gasteiger partial charge in [-0.15, -0.1) is 0 Å². The number of aryl methyl sites for hydroxylation is 1. The van der Waals surface area contributed by atoms with Crippen LogP contribution in [0.5, 0.6) is 0 Å². The Labute approximate surface area is 148 Å². The first kappa shape index (κ1) is 18.7. The van der Waals surface area contributed by atoms with Crippen molar-refractivity contribution in [1.29, 1.82) is 0 Å². The lowest BCUT2D eigenvalue weighted by Gasteiger charge is -2.12. The Bertz CT molecular complexity index is 726. The monoisotopic (exact) mass is 339 g/mol. The fraction of sp³-hybridized carbons (Fsp3) is 0.300. The minimum Gasteiger partial charge on any atom is -0.325 e. The van der Waals surface area contributed by atoms with Gasteiger partial charge in [-0.25, -0.2) is 0 Å². The Morgan fingerprint density at radius 1 is 1.00 bits per heavy atom. The molecule has 5 heteroatoms. The zero-order valence-electron chi connectivity index (χ0n) is 14.9. The number of hydrogen-bond donors (Lipinski definition) is 3. The van der Waals surface area contributed by atoms with Gasteiger partial charge in [0.1, 0.15) is 0 Å². The number of carbonyl (C=O) groups excluding carboxylic acids is 2. The van der Waals surface area contributed by atoms with Crippen LogP contribution in [0.25, 0.3) is 0 Å². The van der Waals surface area contributed by atoms with Gasteiger partial charge in [0.25, 0.3) is 5.91 Å². The molecule has 0 radical (unpaired) electrons. The van der Waals surface area contributed by atoms with Crippen LogP contribution < -0.4 is 16.0 Å². The van der Waals surface area contributed by atoms with E-state index in [2.05, 4.69) is 22.9 Å². The van der Waals surface area contributed by atoms with E-state index in [4.69, 9.17) is 0 Å². The van der Waals surface area contributed by atoms with Crippen LogP contribution in [0.2, 0.25) is 0 Å². The number of amides is 2. The molecule has 1 atom stereocenters. The molecule has 0 saturated carbocycles. The van der Waals surface area contributed by atoms with Crippen LogP contribution in [0, 0.1) is 6.92 Å². The molecular formula is C20H25N3O2. The van der Waals surface area contributed by atoms with Crippen LogP contribution in [-0.4, -0.2) is 24.4 Å². The molecule has 132 valence electrons. The van der Waals surface area contributed by atoms with Crippen molar-refractivity contribution in [3.63, 3.8) is 0 Å². The summed E-state index contributed by atoms with van der Waals surface area (Å²) in [4.78, 5) is 24.1. The third kappa shape index (κ3) is 6.04. The first-order valence-corrected chi connectivity index (χ1v) is 8.49. The van der Waals surface area contributed by atoms with Crippen molar-refractivity contribution < 1.29 is 9.59 Å². The summed E-state index contributed by atoms with van der Waals surface area (Å²) in [6, 6.07) is 14.8. The lowest BCUT2D eigenvalue weighted by molar-refractivity contribution is -0.115. The average Bonchev–Trinajstić information content (AvgIpc) is 2.61.